The van der Waals surface area contributed by atoms with Gasteiger partial charge in [-0.15, -0.1) is 0 Å². The minimum Gasteiger partial charge on any atom is -0.487 e. The van der Waals surface area contributed by atoms with Gasteiger partial charge in [0.25, 0.3) is 5.56 Å². The predicted molar refractivity (Wildman–Crippen MR) is 120 cm³/mol. The van der Waals surface area contributed by atoms with E-state index in [0.29, 0.717) is 17.0 Å². The summed E-state index contributed by atoms with van der Waals surface area (Å²) in [5.41, 5.74) is 1.26. The number of nitrogens with zero attached hydrogens (tertiary/aromatic N) is 2. The number of carbonyl (C=O) groups excluding carboxylic acids is 1. The number of carboxylic acids is 1. The molecule has 0 amide bonds. The molecule has 0 bridgehead atoms. The summed E-state index contributed by atoms with van der Waals surface area (Å²) in [6.07, 6.45) is -3.48. The molecule has 0 unspecified atom stereocenters. The van der Waals surface area contributed by atoms with Gasteiger partial charge in [-0.2, -0.15) is 13.2 Å². The van der Waals surface area contributed by atoms with E-state index in [1.54, 1.807) is 13.0 Å². The number of halogens is 6. The number of hydrogen-bond acceptors (Lipinski definition) is 7. The van der Waals surface area contributed by atoms with Crippen molar-refractivity contribution in [1.29, 1.82) is 0 Å². The van der Waals surface area contributed by atoms with E-state index in [1.807, 2.05) is 0 Å². The number of esters is 1. The third kappa shape index (κ3) is 8.06. The van der Waals surface area contributed by atoms with Crippen LogP contribution >= 0.6 is 15.9 Å². The first-order valence-electron chi connectivity index (χ1n) is 9.92. The molecule has 2 heterocycles. The molecule has 0 saturated heterocycles. The number of pyridine rings is 1. The van der Waals surface area contributed by atoms with E-state index >= 15 is 0 Å². The van der Waals surface area contributed by atoms with Crippen molar-refractivity contribution < 1.29 is 46.1 Å². The summed E-state index contributed by atoms with van der Waals surface area (Å²) in [5, 5.41) is 7.12. The number of aliphatic carboxylic acids is 1. The van der Waals surface area contributed by atoms with Crippen molar-refractivity contribution in [2.45, 2.75) is 26.1 Å². The number of alkyl halides is 3. The SMILES string of the molecule is COC(=O)c1nccc(Cc2c(C)[nH]c(=O)c(Br)c2OCc2ccc(F)cc2F)n1.O=C(O)C(F)(F)F. The molecule has 15 heteroatoms. The van der Waals surface area contributed by atoms with Crippen LogP contribution in [-0.2, 0) is 22.6 Å². The fourth-order valence-electron chi connectivity index (χ4n) is 2.72. The van der Waals surface area contributed by atoms with Gasteiger partial charge < -0.3 is 19.6 Å². The van der Waals surface area contributed by atoms with Gasteiger partial charge in [-0.1, -0.05) is 0 Å². The van der Waals surface area contributed by atoms with Crippen molar-refractivity contribution in [2.24, 2.45) is 0 Å². The number of H-pyrrole nitrogens is 1. The Bertz CT molecular complexity index is 1360. The maximum atomic E-state index is 14.0. The van der Waals surface area contributed by atoms with Crippen LogP contribution in [0, 0.1) is 18.6 Å². The fraction of sp³-hybridized carbons (Fsp3) is 0.227. The average molecular weight is 594 g/mol. The van der Waals surface area contributed by atoms with Gasteiger partial charge in [0, 0.05) is 41.2 Å². The molecule has 2 N–H and O–H groups in total. The molecule has 37 heavy (non-hydrogen) atoms. The molecular formula is C22H17BrF5N3O6. The van der Waals surface area contributed by atoms with E-state index in [4.69, 9.17) is 14.6 Å². The maximum absolute atomic E-state index is 14.0. The van der Waals surface area contributed by atoms with Crippen LogP contribution in [-0.4, -0.2) is 45.3 Å². The van der Waals surface area contributed by atoms with Crippen molar-refractivity contribution in [1.82, 2.24) is 15.0 Å². The molecule has 0 atom stereocenters. The van der Waals surface area contributed by atoms with Crippen LogP contribution in [0.5, 0.6) is 5.75 Å². The minimum absolute atomic E-state index is 0.105. The Morgan fingerprint density at radius 2 is 1.84 bits per heavy atom. The Morgan fingerprint density at radius 3 is 2.41 bits per heavy atom. The van der Waals surface area contributed by atoms with Crippen molar-refractivity contribution in [3.05, 3.63) is 85.3 Å². The summed E-state index contributed by atoms with van der Waals surface area (Å²) in [6, 6.07) is 4.75. The quantitative estimate of drug-likeness (QED) is 0.322. The van der Waals surface area contributed by atoms with Crippen LogP contribution in [0.25, 0.3) is 0 Å². The summed E-state index contributed by atoms with van der Waals surface area (Å²) >= 11 is 3.20. The normalized spacial score (nSPS) is 10.8. The third-order valence-electron chi connectivity index (χ3n) is 4.50. The molecule has 0 aliphatic rings. The van der Waals surface area contributed by atoms with E-state index in [0.717, 1.165) is 12.1 Å². The van der Waals surface area contributed by atoms with Crippen LogP contribution in [0.4, 0.5) is 22.0 Å². The minimum atomic E-state index is -5.08. The largest absolute Gasteiger partial charge is 0.490 e. The van der Waals surface area contributed by atoms with Crippen molar-refractivity contribution in [3.8, 4) is 5.75 Å². The van der Waals surface area contributed by atoms with Gasteiger partial charge in [0.05, 0.1) is 7.11 Å². The molecule has 0 saturated carbocycles. The lowest BCUT2D eigenvalue weighted by molar-refractivity contribution is -0.192. The van der Waals surface area contributed by atoms with Gasteiger partial charge in [0.2, 0.25) is 5.82 Å². The number of carbonyl (C=O) groups is 2. The molecule has 0 radical (unpaired) electrons. The summed E-state index contributed by atoms with van der Waals surface area (Å²) < 4.78 is 69.3. The van der Waals surface area contributed by atoms with Crippen LogP contribution < -0.4 is 10.3 Å². The molecule has 0 spiro atoms. The van der Waals surface area contributed by atoms with Crippen LogP contribution in [0.3, 0.4) is 0 Å². The Balaban J connectivity index is 0.000000604. The summed E-state index contributed by atoms with van der Waals surface area (Å²) in [5.74, 6) is -4.81. The third-order valence-corrected chi connectivity index (χ3v) is 5.22. The number of methoxy groups -OCH3 is 1. The monoisotopic (exact) mass is 593 g/mol. The van der Waals surface area contributed by atoms with Crippen molar-refractivity contribution in [3.63, 3.8) is 0 Å². The zero-order chi connectivity index (χ0) is 27.9. The van der Waals surface area contributed by atoms with Crippen molar-refractivity contribution in [2.75, 3.05) is 7.11 Å². The van der Waals surface area contributed by atoms with Crippen LogP contribution in [0.2, 0.25) is 0 Å². The standard InChI is InChI=1S/C20H16BrF2N3O4.C2HF3O2/c1-10-14(8-13-5-6-24-18(26-13)20(28)29-2)17(16(21)19(27)25-10)30-9-11-3-4-12(22)7-15(11)23;3-2(4,5)1(6)7/h3-7H,8-9H2,1-2H3,(H,25,27);(H,6,7). The average Bonchev–Trinajstić information content (AvgIpc) is 2.82. The predicted octanol–water partition coefficient (Wildman–Crippen LogP) is 4.10. The van der Waals surface area contributed by atoms with Gasteiger partial charge in [0.15, 0.2) is 0 Å². The molecule has 1 aromatic carbocycles. The van der Waals surface area contributed by atoms with E-state index < -0.39 is 35.3 Å². The molecule has 9 nitrogen and oxygen atoms in total. The Kier molecular flexibility index (Phi) is 9.82. The first-order valence-corrected chi connectivity index (χ1v) is 10.7. The zero-order valence-electron chi connectivity index (χ0n) is 19.0. The van der Waals surface area contributed by atoms with Gasteiger partial charge in [-0.25, -0.2) is 28.3 Å². The smallest absolute Gasteiger partial charge is 0.487 e. The van der Waals surface area contributed by atoms with Gasteiger partial charge in [-0.05, 0) is 41.1 Å². The number of rotatable bonds is 6. The number of aryl methyl sites for hydroxylation is 1. The first-order chi connectivity index (χ1) is 17.2. The lowest BCUT2D eigenvalue weighted by Gasteiger charge is -2.16. The molecule has 3 rings (SSSR count). The number of carboxylic acid groups (broad SMARTS) is 1. The summed E-state index contributed by atoms with van der Waals surface area (Å²) in [4.78, 5) is 43.5. The van der Waals surface area contributed by atoms with E-state index in [2.05, 4.69) is 35.6 Å². The number of nitrogens with one attached hydrogen (secondary N) is 1. The second-order valence-electron chi connectivity index (χ2n) is 7.07. The van der Waals surface area contributed by atoms with E-state index in [9.17, 15) is 31.5 Å². The number of hydrogen-bond donors (Lipinski definition) is 2. The Hall–Kier alpha value is -3.88. The lowest BCUT2D eigenvalue weighted by atomic mass is 10.1. The highest BCUT2D eigenvalue weighted by Gasteiger charge is 2.38. The number of aromatic nitrogens is 3. The zero-order valence-corrected chi connectivity index (χ0v) is 20.5. The topological polar surface area (TPSA) is 131 Å². The second-order valence-corrected chi connectivity index (χ2v) is 7.86. The number of ether oxygens (including phenoxy) is 2. The van der Waals surface area contributed by atoms with E-state index in [-0.39, 0.29) is 34.6 Å². The molecule has 3 aromatic rings. The molecule has 0 fully saturated rings. The molecule has 198 valence electrons. The van der Waals surface area contributed by atoms with Crippen LogP contribution in [0.1, 0.15) is 33.1 Å². The highest BCUT2D eigenvalue weighted by molar-refractivity contribution is 9.10. The number of aromatic amines is 1. The Morgan fingerprint density at radius 1 is 1.19 bits per heavy atom. The molecule has 0 aliphatic carbocycles. The Labute approximate surface area is 213 Å². The van der Waals surface area contributed by atoms with E-state index in [1.165, 1.54) is 19.4 Å². The highest BCUT2D eigenvalue weighted by atomic mass is 79.9. The first kappa shape index (κ1) is 29.4. The van der Waals surface area contributed by atoms with Gasteiger partial charge in [0.1, 0.15) is 28.5 Å². The summed E-state index contributed by atoms with van der Waals surface area (Å²) in [6.45, 7) is 1.45. The van der Waals surface area contributed by atoms with Crippen LogP contribution in [0.15, 0.2) is 39.7 Å². The number of benzene rings is 1. The molecule has 2 aromatic heterocycles. The maximum Gasteiger partial charge on any atom is 0.490 e. The highest BCUT2D eigenvalue weighted by Crippen LogP contribution is 2.30. The van der Waals surface area contributed by atoms with Gasteiger partial charge >= 0.3 is 18.1 Å². The lowest BCUT2D eigenvalue weighted by Crippen LogP contribution is -2.21. The van der Waals surface area contributed by atoms with Crippen molar-refractivity contribution >= 4 is 27.9 Å². The fourth-order valence-corrected chi connectivity index (χ4v) is 3.18. The molecular weight excluding hydrogens is 577 g/mol. The van der Waals surface area contributed by atoms with Gasteiger partial charge in [-0.3, -0.25) is 4.79 Å². The second kappa shape index (κ2) is 12.4. The molecule has 0 aliphatic heterocycles. The summed E-state index contributed by atoms with van der Waals surface area (Å²) in [7, 11) is 1.22.